The number of rotatable bonds is 6. The highest BCUT2D eigenvalue weighted by Gasteiger charge is 2.39. The molecular formula is C20H24N6O. The molecule has 7 heteroatoms. The van der Waals surface area contributed by atoms with E-state index in [0.717, 1.165) is 12.1 Å². The quantitative estimate of drug-likeness (QED) is 0.725. The Morgan fingerprint density at radius 3 is 2.59 bits per heavy atom. The van der Waals surface area contributed by atoms with Crippen LogP contribution >= 0.6 is 0 Å². The SMILES string of the molecule is N#Cc1cnc(NCc2ccccc2O)nc1NCC12CCN(CC1)CC2. The van der Waals surface area contributed by atoms with Gasteiger partial charge in [-0.2, -0.15) is 10.2 Å². The molecule has 3 saturated heterocycles. The Labute approximate surface area is 159 Å². The van der Waals surface area contributed by atoms with Crippen molar-refractivity contribution in [2.45, 2.75) is 25.8 Å². The number of hydrogen-bond donors (Lipinski definition) is 3. The van der Waals surface area contributed by atoms with Gasteiger partial charge in [-0.3, -0.25) is 0 Å². The number of aromatic nitrogens is 2. The van der Waals surface area contributed by atoms with Gasteiger partial charge in [-0.1, -0.05) is 18.2 Å². The molecule has 0 atom stereocenters. The lowest BCUT2D eigenvalue weighted by atomic mass is 9.72. The van der Waals surface area contributed by atoms with Crippen LogP contribution in [0.15, 0.2) is 30.5 Å². The maximum absolute atomic E-state index is 9.87. The van der Waals surface area contributed by atoms with Gasteiger partial charge in [0.2, 0.25) is 5.95 Å². The summed E-state index contributed by atoms with van der Waals surface area (Å²) in [4.78, 5) is 11.2. The highest BCUT2D eigenvalue weighted by molar-refractivity contribution is 5.53. The van der Waals surface area contributed by atoms with Gasteiger partial charge in [0.05, 0.1) is 6.20 Å². The number of nitrogens with one attached hydrogen (secondary N) is 2. The van der Waals surface area contributed by atoms with E-state index in [2.05, 4.69) is 31.6 Å². The number of aromatic hydroxyl groups is 1. The first-order valence-corrected chi connectivity index (χ1v) is 9.42. The van der Waals surface area contributed by atoms with E-state index in [1.165, 1.54) is 38.9 Å². The van der Waals surface area contributed by atoms with E-state index in [1.807, 2.05) is 12.1 Å². The molecule has 27 heavy (non-hydrogen) atoms. The Morgan fingerprint density at radius 1 is 1.15 bits per heavy atom. The van der Waals surface area contributed by atoms with Crippen LogP contribution in [0, 0.1) is 16.7 Å². The van der Waals surface area contributed by atoms with Crippen molar-refractivity contribution < 1.29 is 5.11 Å². The molecule has 140 valence electrons. The molecule has 2 bridgehead atoms. The summed E-state index contributed by atoms with van der Waals surface area (Å²) in [5.41, 5.74) is 1.54. The molecule has 0 amide bonds. The first kappa shape index (κ1) is 17.6. The molecule has 4 heterocycles. The maximum Gasteiger partial charge on any atom is 0.224 e. The predicted molar refractivity (Wildman–Crippen MR) is 103 cm³/mol. The van der Waals surface area contributed by atoms with Crippen molar-refractivity contribution in [1.29, 1.82) is 5.26 Å². The summed E-state index contributed by atoms with van der Waals surface area (Å²) >= 11 is 0. The minimum atomic E-state index is 0.236. The summed E-state index contributed by atoms with van der Waals surface area (Å²) in [7, 11) is 0. The molecule has 7 nitrogen and oxygen atoms in total. The molecule has 5 rings (SSSR count). The number of nitrogens with zero attached hydrogens (tertiary/aromatic N) is 4. The van der Waals surface area contributed by atoms with Gasteiger partial charge >= 0.3 is 0 Å². The van der Waals surface area contributed by atoms with Gasteiger partial charge in [-0.15, -0.1) is 0 Å². The van der Waals surface area contributed by atoms with Gasteiger partial charge in [0.1, 0.15) is 23.2 Å². The number of para-hydroxylation sites is 1. The number of phenols is 1. The normalized spacial score (nSPS) is 23.6. The third kappa shape index (κ3) is 3.81. The van der Waals surface area contributed by atoms with Crippen LogP contribution in [-0.2, 0) is 6.54 Å². The Hall–Kier alpha value is -2.85. The van der Waals surface area contributed by atoms with Crippen LogP contribution in [0.1, 0.15) is 30.4 Å². The van der Waals surface area contributed by atoms with Gasteiger partial charge in [0.25, 0.3) is 0 Å². The van der Waals surface area contributed by atoms with Gasteiger partial charge in [0, 0.05) is 18.7 Å². The second-order valence-electron chi connectivity index (χ2n) is 7.50. The number of phenolic OH excluding ortho intramolecular Hbond substituents is 1. The number of hydrogen-bond acceptors (Lipinski definition) is 7. The highest BCUT2D eigenvalue weighted by atomic mass is 16.3. The first-order valence-electron chi connectivity index (χ1n) is 9.42. The van der Waals surface area contributed by atoms with E-state index in [9.17, 15) is 10.4 Å². The second-order valence-corrected chi connectivity index (χ2v) is 7.50. The van der Waals surface area contributed by atoms with Crippen LogP contribution < -0.4 is 10.6 Å². The number of benzene rings is 1. The summed E-state index contributed by atoms with van der Waals surface area (Å²) in [6.45, 7) is 4.76. The second kappa shape index (κ2) is 7.41. The molecule has 1 aromatic heterocycles. The fourth-order valence-electron chi connectivity index (χ4n) is 3.95. The van der Waals surface area contributed by atoms with Crippen molar-refractivity contribution >= 4 is 11.8 Å². The number of fused-ring (bicyclic) bond motifs is 3. The standard InChI is InChI=1S/C20H24N6O/c21-11-16-13-23-19(22-12-15-3-1-2-4-17(15)27)25-18(16)24-14-20-5-8-26(9-6-20)10-7-20/h1-4,13,27H,5-10,12,14H2,(H2,22,23,24,25). The van der Waals surface area contributed by atoms with E-state index < -0.39 is 0 Å². The van der Waals surface area contributed by atoms with Crippen molar-refractivity contribution in [3.05, 3.63) is 41.6 Å². The predicted octanol–water partition coefficient (Wildman–Crippen LogP) is 2.56. The summed E-state index contributed by atoms with van der Waals surface area (Å²) in [6, 6.07) is 9.33. The van der Waals surface area contributed by atoms with Crippen LogP contribution in [0.2, 0.25) is 0 Å². The summed E-state index contributed by atoms with van der Waals surface area (Å²) < 4.78 is 0. The molecule has 0 unspecified atom stereocenters. The zero-order valence-corrected chi connectivity index (χ0v) is 15.3. The third-order valence-corrected chi connectivity index (χ3v) is 5.84. The summed E-state index contributed by atoms with van der Waals surface area (Å²) in [6.07, 6.45) is 5.14. The molecule has 3 aliphatic heterocycles. The van der Waals surface area contributed by atoms with Gasteiger partial charge < -0.3 is 20.6 Å². The van der Waals surface area contributed by atoms with Crippen LogP contribution in [0.4, 0.5) is 11.8 Å². The zero-order chi connectivity index (χ0) is 18.7. The van der Waals surface area contributed by atoms with Gasteiger partial charge in [-0.05, 0) is 50.4 Å². The average Bonchev–Trinajstić information content (AvgIpc) is 2.73. The molecule has 3 N–H and O–H groups in total. The van der Waals surface area contributed by atoms with E-state index >= 15 is 0 Å². The number of piperidine rings is 3. The fourth-order valence-corrected chi connectivity index (χ4v) is 3.95. The lowest BCUT2D eigenvalue weighted by molar-refractivity contribution is 0.0360. The van der Waals surface area contributed by atoms with Crippen molar-refractivity contribution in [2.24, 2.45) is 5.41 Å². The fraction of sp³-hybridized carbons (Fsp3) is 0.450. The van der Waals surface area contributed by atoms with Crippen LogP contribution in [0.25, 0.3) is 0 Å². The Bertz CT molecular complexity index is 840. The molecule has 3 aliphatic rings. The van der Waals surface area contributed by atoms with Gasteiger partial charge in [0.15, 0.2) is 0 Å². The van der Waals surface area contributed by atoms with Crippen LogP contribution in [0.5, 0.6) is 5.75 Å². The third-order valence-electron chi connectivity index (χ3n) is 5.84. The monoisotopic (exact) mass is 364 g/mol. The zero-order valence-electron chi connectivity index (χ0n) is 15.3. The molecule has 0 spiro atoms. The molecular weight excluding hydrogens is 340 g/mol. The molecule has 0 saturated carbocycles. The first-order chi connectivity index (χ1) is 13.2. The van der Waals surface area contributed by atoms with Crippen molar-refractivity contribution in [2.75, 3.05) is 36.8 Å². The molecule has 0 radical (unpaired) electrons. The Balaban J connectivity index is 1.44. The Kier molecular flexibility index (Phi) is 4.82. The van der Waals surface area contributed by atoms with Crippen LogP contribution in [0.3, 0.4) is 0 Å². The van der Waals surface area contributed by atoms with E-state index in [0.29, 0.717) is 29.3 Å². The largest absolute Gasteiger partial charge is 0.508 e. The topological polar surface area (TPSA) is 97.1 Å². The van der Waals surface area contributed by atoms with E-state index in [1.54, 1.807) is 18.3 Å². The van der Waals surface area contributed by atoms with Crippen LogP contribution in [-0.4, -0.2) is 46.2 Å². The Morgan fingerprint density at radius 2 is 1.89 bits per heavy atom. The summed E-state index contributed by atoms with van der Waals surface area (Å²) in [5, 5.41) is 25.8. The molecule has 1 aromatic carbocycles. The molecule has 2 aromatic rings. The van der Waals surface area contributed by atoms with Crippen molar-refractivity contribution in [3.8, 4) is 11.8 Å². The van der Waals surface area contributed by atoms with Crippen molar-refractivity contribution in [1.82, 2.24) is 14.9 Å². The number of nitriles is 1. The number of anilines is 2. The summed E-state index contributed by atoms with van der Waals surface area (Å²) in [5.74, 6) is 1.25. The minimum absolute atomic E-state index is 0.236. The smallest absolute Gasteiger partial charge is 0.224 e. The average molecular weight is 364 g/mol. The van der Waals surface area contributed by atoms with E-state index in [-0.39, 0.29) is 5.75 Å². The van der Waals surface area contributed by atoms with Gasteiger partial charge in [-0.25, -0.2) is 4.98 Å². The lowest BCUT2D eigenvalue weighted by Crippen LogP contribution is -2.51. The lowest BCUT2D eigenvalue weighted by Gasteiger charge is -2.48. The van der Waals surface area contributed by atoms with Crippen molar-refractivity contribution in [3.63, 3.8) is 0 Å². The van der Waals surface area contributed by atoms with E-state index in [4.69, 9.17) is 0 Å². The highest BCUT2D eigenvalue weighted by Crippen LogP contribution is 2.40. The minimum Gasteiger partial charge on any atom is -0.508 e. The molecule has 0 aliphatic carbocycles. The maximum atomic E-state index is 9.87. The molecule has 3 fully saturated rings.